The van der Waals surface area contributed by atoms with Gasteiger partial charge in [0.15, 0.2) is 0 Å². The Morgan fingerprint density at radius 2 is 2.00 bits per heavy atom. The fourth-order valence-electron chi connectivity index (χ4n) is 1.27. The summed E-state index contributed by atoms with van der Waals surface area (Å²) in [6, 6.07) is 6.10. The first kappa shape index (κ1) is 13.0. The summed E-state index contributed by atoms with van der Waals surface area (Å²) < 4.78 is 6.79. The lowest BCUT2D eigenvalue weighted by molar-refractivity contribution is 0.306. The molecule has 0 aliphatic carbocycles. The van der Waals surface area contributed by atoms with Crippen LogP contribution in [0.2, 0.25) is 0 Å². The van der Waals surface area contributed by atoms with Gasteiger partial charge >= 0.3 is 0 Å². The monoisotopic (exact) mass is 334 g/mol. The number of hydrogen-bond acceptors (Lipinski definition) is 1. The Labute approximate surface area is 108 Å². The molecule has 1 aromatic rings. The molecule has 1 nitrogen and oxygen atoms in total. The normalized spacial score (nSPS) is 10.3. The fraction of sp³-hybridized carbons (Fsp3) is 0.500. The van der Waals surface area contributed by atoms with E-state index in [1.54, 1.807) is 0 Å². The standard InChI is InChI=1S/C12H16Br2O/c1-10-9-11(5-6-12(10)14)15-8-4-2-3-7-13/h5-6,9H,2-4,7-8H2,1H3. The van der Waals surface area contributed by atoms with Crippen LogP contribution in [0.15, 0.2) is 22.7 Å². The molecule has 0 fully saturated rings. The minimum atomic E-state index is 0.814. The molecule has 0 saturated carbocycles. The second-order valence-electron chi connectivity index (χ2n) is 3.51. The summed E-state index contributed by atoms with van der Waals surface area (Å²) in [6.45, 7) is 2.88. The largest absolute Gasteiger partial charge is 0.494 e. The number of alkyl halides is 1. The third-order valence-corrected chi connectivity index (χ3v) is 3.63. The van der Waals surface area contributed by atoms with Crippen molar-refractivity contribution >= 4 is 31.9 Å². The van der Waals surface area contributed by atoms with Crippen molar-refractivity contribution in [2.45, 2.75) is 26.2 Å². The van der Waals surface area contributed by atoms with E-state index in [1.807, 2.05) is 12.1 Å². The molecule has 0 amide bonds. The SMILES string of the molecule is Cc1cc(OCCCCCBr)ccc1Br. The van der Waals surface area contributed by atoms with Crippen LogP contribution in [-0.4, -0.2) is 11.9 Å². The molecular formula is C12H16Br2O. The minimum absolute atomic E-state index is 0.814. The van der Waals surface area contributed by atoms with Crippen molar-refractivity contribution in [1.82, 2.24) is 0 Å². The van der Waals surface area contributed by atoms with Crippen LogP contribution in [0, 0.1) is 6.92 Å². The molecular weight excluding hydrogens is 320 g/mol. The van der Waals surface area contributed by atoms with E-state index < -0.39 is 0 Å². The molecule has 0 unspecified atom stereocenters. The van der Waals surface area contributed by atoms with E-state index in [4.69, 9.17) is 4.74 Å². The van der Waals surface area contributed by atoms with Gasteiger partial charge < -0.3 is 4.74 Å². The van der Waals surface area contributed by atoms with Gasteiger partial charge in [-0.15, -0.1) is 0 Å². The summed E-state index contributed by atoms with van der Waals surface area (Å²) in [7, 11) is 0. The quantitative estimate of drug-likeness (QED) is 0.540. The van der Waals surface area contributed by atoms with Crippen molar-refractivity contribution < 1.29 is 4.74 Å². The second kappa shape index (κ2) is 7.29. The minimum Gasteiger partial charge on any atom is -0.494 e. The molecule has 1 aromatic carbocycles. The summed E-state index contributed by atoms with van der Waals surface area (Å²) >= 11 is 6.89. The summed E-state index contributed by atoms with van der Waals surface area (Å²) in [5.41, 5.74) is 1.22. The highest BCUT2D eigenvalue weighted by Crippen LogP contribution is 2.21. The molecule has 0 heterocycles. The van der Waals surface area contributed by atoms with Gasteiger partial charge in [0.25, 0.3) is 0 Å². The number of aryl methyl sites for hydroxylation is 1. The van der Waals surface area contributed by atoms with E-state index in [1.165, 1.54) is 18.4 Å². The van der Waals surface area contributed by atoms with Crippen LogP contribution in [0.1, 0.15) is 24.8 Å². The highest BCUT2D eigenvalue weighted by atomic mass is 79.9. The van der Waals surface area contributed by atoms with E-state index in [0.29, 0.717) is 0 Å². The van der Waals surface area contributed by atoms with Crippen molar-refractivity contribution in [1.29, 1.82) is 0 Å². The first-order valence-corrected chi connectivity index (χ1v) is 7.10. The van der Waals surface area contributed by atoms with E-state index in [2.05, 4.69) is 44.8 Å². The van der Waals surface area contributed by atoms with Gasteiger partial charge in [-0.3, -0.25) is 0 Å². The summed E-state index contributed by atoms with van der Waals surface area (Å²) in [6.07, 6.45) is 3.57. The number of benzene rings is 1. The smallest absolute Gasteiger partial charge is 0.119 e. The van der Waals surface area contributed by atoms with Crippen LogP contribution in [0.3, 0.4) is 0 Å². The van der Waals surface area contributed by atoms with Gasteiger partial charge in [-0.1, -0.05) is 31.9 Å². The fourth-order valence-corrected chi connectivity index (χ4v) is 1.91. The average molecular weight is 336 g/mol. The molecule has 0 N–H and O–H groups in total. The number of unbranched alkanes of at least 4 members (excludes halogenated alkanes) is 2. The third-order valence-electron chi connectivity index (χ3n) is 2.18. The van der Waals surface area contributed by atoms with Crippen molar-refractivity contribution in [3.8, 4) is 5.75 Å². The Bertz CT molecular complexity index is 300. The maximum atomic E-state index is 5.65. The zero-order valence-electron chi connectivity index (χ0n) is 8.93. The van der Waals surface area contributed by atoms with Crippen molar-refractivity contribution in [2.24, 2.45) is 0 Å². The van der Waals surface area contributed by atoms with E-state index in [9.17, 15) is 0 Å². The topological polar surface area (TPSA) is 9.23 Å². The van der Waals surface area contributed by atoms with Gasteiger partial charge in [0.2, 0.25) is 0 Å². The maximum Gasteiger partial charge on any atom is 0.119 e. The van der Waals surface area contributed by atoms with Gasteiger partial charge in [-0.25, -0.2) is 0 Å². The molecule has 0 bridgehead atoms. The number of halogens is 2. The number of ether oxygens (including phenoxy) is 1. The molecule has 0 aliphatic heterocycles. The van der Waals surface area contributed by atoms with Crippen LogP contribution in [0.5, 0.6) is 5.75 Å². The van der Waals surface area contributed by atoms with Crippen molar-refractivity contribution in [2.75, 3.05) is 11.9 Å². The van der Waals surface area contributed by atoms with E-state index in [-0.39, 0.29) is 0 Å². The van der Waals surface area contributed by atoms with Crippen LogP contribution < -0.4 is 4.74 Å². The zero-order valence-corrected chi connectivity index (χ0v) is 12.1. The molecule has 84 valence electrons. The Balaban J connectivity index is 2.28. The Hall–Kier alpha value is -0.0200. The first-order chi connectivity index (χ1) is 7.24. The maximum absolute atomic E-state index is 5.65. The third kappa shape index (κ3) is 5.03. The lowest BCUT2D eigenvalue weighted by Gasteiger charge is -2.07. The van der Waals surface area contributed by atoms with Crippen LogP contribution in [-0.2, 0) is 0 Å². The van der Waals surface area contributed by atoms with Crippen LogP contribution >= 0.6 is 31.9 Å². The Kier molecular flexibility index (Phi) is 6.34. The lowest BCUT2D eigenvalue weighted by Crippen LogP contribution is -1.97. The Morgan fingerprint density at radius 3 is 2.67 bits per heavy atom. The predicted molar refractivity (Wildman–Crippen MR) is 72.0 cm³/mol. The molecule has 15 heavy (non-hydrogen) atoms. The van der Waals surface area contributed by atoms with Gasteiger partial charge in [-0.2, -0.15) is 0 Å². The number of rotatable bonds is 6. The van der Waals surface area contributed by atoms with Gasteiger partial charge in [0, 0.05) is 9.80 Å². The van der Waals surface area contributed by atoms with Gasteiger partial charge in [0.1, 0.15) is 5.75 Å². The summed E-state index contributed by atoms with van der Waals surface area (Å²) in [5.74, 6) is 0.967. The van der Waals surface area contributed by atoms with Crippen LogP contribution in [0.4, 0.5) is 0 Å². The molecule has 1 rings (SSSR count). The molecule has 0 aromatic heterocycles. The van der Waals surface area contributed by atoms with Gasteiger partial charge in [0.05, 0.1) is 6.61 Å². The molecule has 0 saturated heterocycles. The number of hydrogen-bond donors (Lipinski definition) is 0. The van der Waals surface area contributed by atoms with E-state index >= 15 is 0 Å². The summed E-state index contributed by atoms with van der Waals surface area (Å²) in [5, 5.41) is 1.09. The lowest BCUT2D eigenvalue weighted by atomic mass is 10.2. The second-order valence-corrected chi connectivity index (χ2v) is 5.16. The van der Waals surface area contributed by atoms with Crippen LogP contribution in [0.25, 0.3) is 0 Å². The van der Waals surface area contributed by atoms with E-state index in [0.717, 1.165) is 28.6 Å². The van der Waals surface area contributed by atoms with Crippen molar-refractivity contribution in [3.63, 3.8) is 0 Å². The summed E-state index contributed by atoms with van der Waals surface area (Å²) in [4.78, 5) is 0. The first-order valence-electron chi connectivity index (χ1n) is 5.19. The van der Waals surface area contributed by atoms with Crippen molar-refractivity contribution in [3.05, 3.63) is 28.2 Å². The zero-order chi connectivity index (χ0) is 11.1. The molecule has 0 aliphatic rings. The molecule has 0 atom stereocenters. The highest BCUT2D eigenvalue weighted by molar-refractivity contribution is 9.10. The highest BCUT2D eigenvalue weighted by Gasteiger charge is 1.97. The molecule has 0 radical (unpaired) electrons. The molecule has 3 heteroatoms. The van der Waals surface area contributed by atoms with Gasteiger partial charge in [-0.05, 0) is 49.9 Å². The molecule has 0 spiro atoms. The Morgan fingerprint density at radius 1 is 1.20 bits per heavy atom. The predicted octanol–water partition coefficient (Wildman–Crippen LogP) is 4.70. The average Bonchev–Trinajstić information content (AvgIpc) is 2.23.